The first-order valence-corrected chi connectivity index (χ1v) is 12.6. The zero-order valence-corrected chi connectivity index (χ0v) is 20.6. The van der Waals surface area contributed by atoms with Crippen molar-refractivity contribution in [3.63, 3.8) is 0 Å². The summed E-state index contributed by atoms with van der Waals surface area (Å²) in [5, 5.41) is 13.1. The molecule has 2 N–H and O–H groups in total. The number of piperidine rings is 1. The Morgan fingerprint density at radius 2 is 1.69 bits per heavy atom. The molecule has 0 saturated carbocycles. The summed E-state index contributed by atoms with van der Waals surface area (Å²) >= 11 is 3.56. The number of nitrogens with one attached hydrogen (secondary N) is 1. The molecule has 0 spiro atoms. The van der Waals surface area contributed by atoms with Crippen molar-refractivity contribution in [3.8, 4) is 11.3 Å². The van der Waals surface area contributed by atoms with E-state index in [1.807, 2.05) is 83.9 Å². The summed E-state index contributed by atoms with van der Waals surface area (Å²) in [4.78, 5) is 23.9. The molecule has 2 aromatic heterocycles. The molecule has 5 aromatic rings. The summed E-state index contributed by atoms with van der Waals surface area (Å²) in [6, 6.07) is 25.5. The quantitative estimate of drug-likeness (QED) is 0.291. The van der Waals surface area contributed by atoms with Gasteiger partial charge in [0.05, 0.1) is 22.4 Å². The predicted molar refractivity (Wildman–Crippen MR) is 142 cm³/mol. The van der Waals surface area contributed by atoms with E-state index in [1.54, 1.807) is 0 Å². The van der Waals surface area contributed by atoms with Crippen molar-refractivity contribution in [1.82, 2.24) is 14.9 Å². The average Bonchev–Trinajstić information content (AvgIpc) is 3.32. The zero-order chi connectivity index (χ0) is 24.0. The molecule has 1 aliphatic heterocycles. The minimum atomic E-state index is -0.902. The number of fused-ring (bicyclic) bond motifs is 2. The fourth-order valence-electron chi connectivity index (χ4n) is 5.08. The lowest BCUT2D eigenvalue weighted by molar-refractivity contribution is -0.0211. The summed E-state index contributed by atoms with van der Waals surface area (Å²) in [5.41, 5.74) is 4.17. The van der Waals surface area contributed by atoms with Gasteiger partial charge in [-0.05, 0) is 48.7 Å². The number of nitrogens with zero attached hydrogens (tertiary/aromatic N) is 2. The molecule has 6 heteroatoms. The lowest BCUT2D eigenvalue weighted by Crippen LogP contribution is -2.45. The molecule has 3 heterocycles. The normalized spacial score (nSPS) is 15.5. The van der Waals surface area contributed by atoms with Crippen molar-refractivity contribution >= 4 is 43.6 Å². The molecule has 5 nitrogen and oxygen atoms in total. The highest BCUT2D eigenvalue weighted by atomic mass is 79.9. The number of rotatable bonds is 3. The van der Waals surface area contributed by atoms with E-state index in [0.29, 0.717) is 31.5 Å². The van der Waals surface area contributed by atoms with E-state index in [-0.39, 0.29) is 5.91 Å². The van der Waals surface area contributed by atoms with Crippen molar-refractivity contribution in [1.29, 1.82) is 0 Å². The standard InChI is InChI=1S/C29H24BrN3O2/c30-20-10-11-25-22(16-20)24(18-31-25)27-17-23(21-8-4-5-9-26(21)32-27)28(34)33-14-12-29(35,13-15-33)19-6-2-1-3-7-19/h1-11,16-18,31,35H,12-15H2. The third kappa shape index (κ3) is 3.93. The van der Waals surface area contributed by atoms with Gasteiger partial charge in [-0.1, -0.05) is 64.5 Å². The lowest BCUT2D eigenvalue weighted by atomic mass is 9.84. The maximum absolute atomic E-state index is 13.8. The minimum Gasteiger partial charge on any atom is -0.385 e. The summed E-state index contributed by atoms with van der Waals surface area (Å²) in [6.07, 6.45) is 2.97. The van der Waals surface area contributed by atoms with Crippen LogP contribution in [0.15, 0.2) is 89.5 Å². The van der Waals surface area contributed by atoms with Gasteiger partial charge < -0.3 is 15.0 Å². The molecule has 3 aromatic carbocycles. The van der Waals surface area contributed by atoms with Crippen LogP contribution in [0.2, 0.25) is 0 Å². The molecule has 0 atom stereocenters. The largest absolute Gasteiger partial charge is 0.385 e. The third-order valence-corrected chi connectivity index (χ3v) is 7.55. The molecular weight excluding hydrogens is 502 g/mol. The van der Waals surface area contributed by atoms with Gasteiger partial charge in [0.1, 0.15) is 0 Å². The molecule has 0 radical (unpaired) electrons. The second kappa shape index (κ2) is 8.63. The molecule has 1 fully saturated rings. The van der Waals surface area contributed by atoms with Gasteiger partial charge >= 0.3 is 0 Å². The van der Waals surface area contributed by atoms with Crippen LogP contribution in [0.1, 0.15) is 28.8 Å². The van der Waals surface area contributed by atoms with E-state index in [1.165, 1.54) is 0 Å². The molecule has 0 aliphatic carbocycles. The van der Waals surface area contributed by atoms with Gasteiger partial charge in [0, 0.05) is 45.6 Å². The summed E-state index contributed by atoms with van der Waals surface area (Å²) in [6.45, 7) is 0.993. The number of aromatic amines is 1. The molecule has 1 amide bonds. The first-order valence-electron chi connectivity index (χ1n) is 11.8. The number of carbonyl (C=O) groups excluding carboxylic acids is 1. The molecule has 1 aliphatic rings. The molecule has 0 bridgehead atoms. The van der Waals surface area contributed by atoms with Gasteiger partial charge in [0.15, 0.2) is 0 Å². The molecule has 1 saturated heterocycles. The lowest BCUT2D eigenvalue weighted by Gasteiger charge is -2.38. The fraction of sp³-hybridized carbons (Fsp3) is 0.172. The SMILES string of the molecule is O=C(c1cc(-c2c[nH]c3ccc(Br)cc23)nc2ccccc12)N1CCC(O)(c2ccccc2)CC1. The smallest absolute Gasteiger partial charge is 0.254 e. The average molecular weight is 526 g/mol. The number of H-pyrrole nitrogens is 1. The van der Waals surface area contributed by atoms with Crippen LogP contribution in [0.4, 0.5) is 0 Å². The van der Waals surface area contributed by atoms with Crippen molar-refractivity contribution < 1.29 is 9.90 Å². The topological polar surface area (TPSA) is 69.2 Å². The van der Waals surface area contributed by atoms with Gasteiger partial charge in [-0.25, -0.2) is 4.98 Å². The van der Waals surface area contributed by atoms with E-state index < -0.39 is 5.60 Å². The van der Waals surface area contributed by atoms with Crippen molar-refractivity contribution in [2.24, 2.45) is 0 Å². The van der Waals surface area contributed by atoms with E-state index in [0.717, 1.165) is 43.1 Å². The zero-order valence-electron chi connectivity index (χ0n) is 19.0. The number of para-hydroxylation sites is 1. The van der Waals surface area contributed by atoms with Crippen LogP contribution < -0.4 is 0 Å². The number of pyridine rings is 1. The molecule has 0 unspecified atom stereocenters. The van der Waals surface area contributed by atoms with E-state index in [2.05, 4.69) is 27.0 Å². The number of carbonyl (C=O) groups is 1. The van der Waals surface area contributed by atoms with Crippen molar-refractivity contribution in [2.75, 3.05) is 13.1 Å². The Hall–Kier alpha value is -3.48. The fourth-order valence-corrected chi connectivity index (χ4v) is 5.44. The Bertz CT molecular complexity index is 1550. The van der Waals surface area contributed by atoms with Crippen molar-refractivity contribution in [3.05, 3.63) is 101 Å². The third-order valence-electron chi connectivity index (χ3n) is 7.06. The number of amides is 1. The summed E-state index contributed by atoms with van der Waals surface area (Å²) in [7, 11) is 0. The molecular formula is C29H24BrN3O2. The number of hydrogen-bond donors (Lipinski definition) is 2. The van der Waals surface area contributed by atoms with Crippen molar-refractivity contribution in [2.45, 2.75) is 18.4 Å². The monoisotopic (exact) mass is 525 g/mol. The van der Waals surface area contributed by atoms with Crippen LogP contribution in [0, 0.1) is 0 Å². The first kappa shape index (κ1) is 22.0. The maximum atomic E-state index is 13.8. The molecule has 6 rings (SSSR count). The Balaban J connectivity index is 1.37. The van der Waals surface area contributed by atoms with Gasteiger partial charge in [0.25, 0.3) is 5.91 Å². The number of aliphatic hydroxyl groups is 1. The number of likely N-dealkylation sites (tertiary alicyclic amines) is 1. The second-order valence-corrected chi connectivity index (χ2v) is 10.1. The van der Waals surface area contributed by atoms with E-state index in [4.69, 9.17) is 4.98 Å². The van der Waals surface area contributed by atoms with Gasteiger partial charge in [-0.15, -0.1) is 0 Å². The maximum Gasteiger partial charge on any atom is 0.254 e. The summed E-state index contributed by atoms with van der Waals surface area (Å²) in [5.74, 6) is -0.0269. The Kier molecular flexibility index (Phi) is 5.43. The van der Waals surface area contributed by atoms with Crippen LogP contribution >= 0.6 is 15.9 Å². The Morgan fingerprint density at radius 3 is 2.49 bits per heavy atom. The van der Waals surface area contributed by atoms with Crippen LogP contribution in [0.25, 0.3) is 33.1 Å². The van der Waals surface area contributed by atoms with Crippen LogP contribution in [0.3, 0.4) is 0 Å². The number of benzene rings is 3. The number of hydrogen-bond acceptors (Lipinski definition) is 3. The number of halogens is 1. The highest BCUT2D eigenvalue weighted by Crippen LogP contribution is 2.35. The highest BCUT2D eigenvalue weighted by molar-refractivity contribution is 9.10. The van der Waals surface area contributed by atoms with Crippen LogP contribution in [-0.2, 0) is 5.60 Å². The van der Waals surface area contributed by atoms with Gasteiger partial charge in [-0.2, -0.15) is 0 Å². The minimum absolute atomic E-state index is 0.0269. The van der Waals surface area contributed by atoms with E-state index in [9.17, 15) is 9.90 Å². The Labute approximate surface area is 211 Å². The van der Waals surface area contributed by atoms with Gasteiger partial charge in [-0.3, -0.25) is 4.79 Å². The number of aromatic nitrogens is 2. The summed E-state index contributed by atoms with van der Waals surface area (Å²) < 4.78 is 0.988. The second-order valence-electron chi connectivity index (χ2n) is 9.15. The van der Waals surface area contributed by atoms with Crippen LogP contribution in [-0.4, -0.2) is 39.0 Å². The van der Waals surface area contributed by atoms with E-state index >= 15 is 0 Å². The molecule has 174 valence electrons. The predicted octanol–water partition coefficient (Wildman–Crippen LogP) is 6.27. The first-order chi connectivity index (χ1) is 17.0. The van der Waals surface area contributed by atoms with Gasteiger partial charge in [0.2, 0.25) is 0 Å². The Morgan fingerprint density at radius 1 is 0.943 bits per heavy atom. The highest BCUT2D eigenvalue weighted by Gasteiger charge is 2.36. The van der Waals surface area contributed by atoms with Crippen LogP contribution in [0.5, 0.6) is 0 Å². The molecule has 35 heavy (non-hydrogen) atoms.